The van der Waals surface area contributed by atoms with Crippen LogP contribution in [0.5, 0.6) is 0 Å². The highest BCUT2D eigenvalue weighted by atomic mass is 19.1. The number of amides is 2. The molecule has 1 aromatic heterocycles. The first-order valence-corrected chi connectivity index (χ1v) is 12.1. The zero-order valence-corrected chi connectivity index (χ0v) is 19.4. The van der Waals surface area contributed by atoms with Crippen molar-refractivity contribution in [3.63, 3.8) is 0 Å². The Kier molecular flexibility index (Phi) is 6.14. The number of hydrogen-bond donors (Lipinski definition) is 2. The number of aryl methyl sites for hydroxylation is 1. The molecule has 178 valence electrons. The molecule has 3 fully saturated rings. The van der Waals surface area contributed by atoms with E-state index in [1.54, 1.807) is 12.1 Å². The van der Waals surface area contributed by atoms with Gasteiger partial charge in [0, 0.05) is 43.6 Å². The summed E-state index contributed by atoms with van der Waals surface area (Å²) in [7, 11) is 1.92. The van der Waals surface area contributed by atoms with Gasteiger partial charge in [0.25, 0.3) is 5.91 Å². The van der Waals surface area contributed by atoms with Crippen LogP contribution in [-0.2, 0) is 9.53 Å². The van der Waals surface area contributed by atoms with Crippen molar-refractivity contribution in [1.29, 1.82) is 0 Å². The molecule has 0 radical (unpaired) electrons. The Labute approximate surface area is 193 Å². The third-order valence-corrected chi connectivity index (χ3v) is 7.77. The van der Waals surface area contributed by atoms with Gasteiger partial charge >= 0.3 is 0 Å². The number of likely N-dealkylation sites (tertiary alicyclic amines) is 1. The molecule has 0 bridgehead atoms. The average Bonchev–Trinajstić information content (AvgIpc) is 3.43. The first kappa shape index (κ1) is 22.3. The Morgan fingerprint density at radius 3 is 2.79 bits per heavy atom. The Morgan fingerprint density at radius 2 is 2.06 bits per heavy atom. The molecule has 2 aliphatic heterocycles. The van der Waals surface area contributed by atoms with E-state index < -0.39 is 0 Å². The van der Waals surface area contributed by atoms with Crippen molar-refractivity contribution in [2.45, 2.75) is 57.2 Å². The van der Waals surface area contributed by atoms with Gasteiger partial charge in [0.05, 0.1) is 24.6 Å². The number of carbonyl (C=O) groups excluding carboxylic acids is 2. The maximum atomic E-state index is 14.1. The van der Waals surface area contributed by atoms with Crippen molar-refractivity contribution >= 4 is 22.7 Å². The molecule has 1 aromatic carbocycles. The molecule has 2 N–H and O–H groups in total. The lowest BCUT2D eigenvalue weighted by atomic mass is 9.90. The second kappa shape index (κ2) is 9.06. The Hall–Kier alpha value is -2.45. The normalized spacial score (nSPS) is 26.3. The molecular weight excluding hydrogens is 423 g/mol. The number of fused-ring (bicyclic) bond motifs is 1. The van der Waals surface area contributed by atoms with Gasteiger partial charge in [-0.2, -0.15) is 0 Å². The molecule has 1 unspecified atom stereocenters. The van der Waals surface area contributed by atoms with Crippen LogP contribution in [0.4, 0.5) is 4.39 Å². The predicted molar refractivity (Wildman–Crippen MR) is 124 cm³/mol. The summed E-state index contributed by atoms with van der Waals surface area (Å²) >= 11 is 0. The summed E-state index contributed by atoms with van der Waals surface area (Å²) in [6.45, 7) is 4.87. The van der Waals surface area contributed by atoms with E-state index in [2.05, 4.69) is 15.2 Å². The Morgan fingerprint density at radius 1 is 1.24 bits per heavy atom. The van der Waals surface area contributed by atoms with Gasteiger partial charge in [-0.05, 0) is 56.7 Å². The zero-order chi connectivity index (χ0) is 23.1. The topological polar surface area (TPSA) is 77.7 Å². The number of H-pyrrole nitrogens is 1. The summed E-state index contributed by atoms with van der Waals surface area (Å²) in [6.07, 6.45) is 5.02. The molecule has 2 amide bonds. The molecule has 3 aliphatic rings. The largest absolute Gasteiger partial charge is 0.380 e. The van der Waals surface area contributed by atoms with E-state index in [9.17, 15) is 14.0 Å². The molecule has 8 heteroatoms. The summed E-state index contributed by atoms with van der Waals surface area (Å²) in [5, 5.41) is 3.63. The summed E-state index contributed by atoms with van der Waals surface area (Å²) in [6, 6.07) is 5.52. The molecule has 1 saturated carbocycles. The molecule has 33 heavy (non-hydrogen) atoms. The SMILES string of the molecule is Cc1ccc(F)c2cc(C(=O)N[C@@H]3CCC[C@H](N4CCC(N(C)C(=O)C5COC5)C4)C3)[nH]c12. The molecule has 2 saturated heterocycles. The third-order valence-electron chi connectivity index (χ3n) is 7.77. The molecule has 5 rings (SSSR count). The maximum absolute atomic E-state index is 14.1. The number of aromatic amines is 1. The second-order valence-electron chi connectivity index (χ2n) is 9.95. The van der Waals surface area contributed by atoms with Gasteiger partial charge in [-0.1, -0.05) is 6.07 Å². The predicted octanol–water partition coefficient (Wildman–Crippen LogP) is 2.84. The molecular formula is C25H33FN4O3. The lowest BCUT2D eigenvalue weighted by molar-refractivity contribution is -0.150. The number of halogens is 1. The first-order valence-electron chi connectivity index (χ1n) is 12.1. The summed E-state index contributed by atoms with van der Waals surface area (Å²) < 4.78 is 19.3. The van der Waals surface area contributed by atoms with E-state index in [0.29, 0.717) is 35.9 Å². The summed E-state index contributed by atoms with van der Waals surface area (Å²) in [5.41, 5.74) is 2.00. The van der Waals surface area contributed by atoms with Gasteiger partial charge < -0.3 is 19.9 Å². The monoisotopic (exact) mass is 456 g/mol. The van der Waals surface area contributed by atoms with E-state index in [1.807, 2.05) is 18.9 Å². The number of hydrogen-bond acceptors (Lipinski definition) is 4. The fourth-order valence-electron chi connectivity index (χ4n) is 5.60. The van der Waals surface area contributed by atoms with Crippen LogP contribution >= 0.6 is 0 Å². The van der Waals surface area contributed by atoms with Crippen LogP contribution in [0.1, 0.15) is 48.2 Å². The van der Waals surface area contributed by atoms with Crippen LogP contribution in [0.2, 0.25) is 0 Å². The van der Waals surface area contributed by atoms with Crippen LogP contribution in [0.25, 0.3) is 10.9 Å². The first-order chi connectivity index (χ1) is 15.9. The van der Waals surface area contributed by atoms with Gasteiger partial charge in [-0.25, -0.2) is 4.39 Å². The van der Waals surface area contributed by atoms with Crippen molar-refractivity contribution in [1.82, 2.24) is 20.1 Å². The highest BCUT2D eigenvalue weighted by Crippen LogP contribution is 2.29. The number of benzene rings is 1. The number of carbonyl (C=O) groups is 2. The molecule has 1 aliphatic carbocycles. The van der Waals surface area contributed by atoms with E-state index in [4.69, 9.17) is 4.74 Å². The van der Waals surface area contributed by atoms with E-state index in [0.717, 1.165) is 50.8 Å². The number of likely N-dealkylation sites (N-methyl/N-ethyl adjacent to an activating group) is 1. The lowest BCUT2D eigenvalue weighted by Gasteiger charge is -2.36. The number of rotatable bonds is 5. The minimum Gasteiger partial charge on any atom is -0.380 e. The third kappa shape index (κ3) is 4.38. The fourth-order valence-corrected chi connectivity index (χ4v) is 5.60. The Balaban J connectivity index is 1.18. The molecule has 0 spiro atoms. The molecule has 2 aromatic rings. The minimum absolute atomic E-state index is 0.0280. The lowest BCUT2D eigenvalue weighted by Crippen LogP contribution is -2.49. The van der Waals surface area contributed by atoms with Gasteiger partial charge in [0.1, 0.15) is 11.5 Å². The Bertz CT molecular complexity index is 1010. The van der Waals surface area contributed by atoms with E-state index in [1.165, 1.54) is 6.07 Å². The molecule has 7 nitrogen and oxygen atoms in total. The number of nitrogens with zero attached hydrogens (tertiary/aromatic N) is 2. The van der Waals surface area contributed by atoms with Crippen LogP contribution in [0, 0.1) is 18.7 Å². The van der Waals surface area contributed by atoms with Crippen molar-refractivity contribution in [2.24, 2.45) is 5.92 Å². The van der Waals surface area contributed by atoms with Crippen LogP contribution < -0.4 is 5.32 Å². The number of aromatic nitrogens is 1. The smallest absolute Gasteiger partial charge is 0.267 e. The molecule has 3 atom stereocenters. The molecule has 3 heterocycles. The summed E-state index contributed by atoms with van der Waals surface area (Å²) in [4.78, 5) is 33.0. The number of nitrogens with one attached hydrogen (secondary N) is 2. The highest BCUT2D eigenvalue weighted by Gasteiger charge is 2.37. The van der Waals surface area contributed by atoms with Crippen molar-refractivity contribution in [3.05, 3.63) is 35.3 Å². The van der Waals surface area contributed by atoms with E-state index in [-0.39, 0.29) is 35.6 Å². The van der Waals surface area contributed by atoms with Crippen LogP contribution in [0.3, 0.4) is 0 Å². The highest BCUT2D eigenvalue weighted by molar-refractivity contribution is 5.99. The average molecular weight is 457 g/mol. The quantitative estimate of drug-likeness (QED) is 0.725. The maximum Gasteiger partial charge on any atom is 0.267 e. The van der Waals surface area contributed by atoms with Gasteiger partial charge in [0.15, 0.2) is 0 Å². The van der Waals surface area contributed by atoms with Crippen molar-refractivity contribution < 1.29 is 18.7 Å². The standard InChI is InChI=1S/C25H33FN4O3/c1-15-6-7-21(26)20-11-22(28-23(15)20)24(31)27-17-4-3-5-18(10-17)30-9-8-19(12-30)29(2)25(32)16-13-33-14-16/h6-7,11,16-19,28H,3-5,8-10,12-14H2,1-2H3,(H,27,31)/t17-,18+,19?/m1/s1. The van der Waals surface area contributed by atoms with Gasteiger partial charge in [0.2, 0.25) is 5.91 Å². The van der Waals surface area contributed by atoms with E-state index >= 15 is 0 Å². The van der Waals surface area contributed by atoms with Crippen molar-refractivity contribution in [3.8, 4) is 0 Å². The number of ether oxygens (including phenoxy) is 1. The van der Waals surface area contributed by atoms with Crippen LogP contribution in [-0.4, -0.2) is 78.1 Å². The summed E-state index contributed by atoms with van der Waals surface area (Å²) in [5.74, 6) is -0.268. The van der Waals surface area contributed by atoms with Gasteiger partial charge in [-0.3, -0.25) is 14.5 Å². The minimum atomic E-state index is -0.319. The fraction of sp³-hybridized carbons (Fsp3) is 0.600. The second-order valence-corrected chi connectivity index (χ2v) is 9.95. The van der Waals surface area contributed by atoms with Crippen molar-refractivity contribution in [2.75, 3.05) is 33.4 Å². The zero-order valence-electron chi connectivity index (χ0n) is 19.4. The van der Waals surface area contributed by atoms with Gasteiger partial charge in [-0.15, -0.1) is 0 Å². The van der Waals surface area contributed by atoms with Crippen LogP contribution in [0.15, 0.2) is 18.2 Å².